The highest BCUT2D eigenvalue weighted by molar-refractivity contribution is 7.53. The van der Waals surface area contributed by atoms with Crippen LogP contribution < -0.4 is 11.1 Å². The first-order valence-corrected chi connectivity index (χ1v) is 8.08. The molecule has 1 aromatic rings. The second-order valence-corrected chi connectivity index (χ2v) is 6.56. The molecule has 0 radical (unpaired) electrons. The topological polar surface area (TPSA) is 113 Å². The van der Waals surface area contributed by atoms with E-state index < -0.39 is 12.8 Å². The lowest BCUT2D eigenvalue weighted by Crippen LogP contribution is -2.25. The Kier molecular flexibility index (Phi) is 5.48. The molecule has 0 saturated carbocycles. The quantitative estimate of drug-likeness (QED) is 0.598. The Morgan fingerprint density at radius 1 is 1.25 bits per heavy atom. The molecule has 0 aliphatic heterocycles. The van der Waals surface area contributed by atoms with Gasteiger partial charge in [-0.2, -0.15) is 0 Å². The highest BCUT2D eigenvalue weighted by atomic mass is 31.2. The van der Waals surface area contributed by atoms with Crippen molar-refractivity contribution in [1.29, 1.82) is 0 Å². The molecule has 112 valence electrons. The van der Waals surface area contributed by atoms with Crippen molar-refractivity contribution in [2.75, 3.05) is 11.9 Å². The smallest absolute Gasteiger partial charge is 0.325 e. The van der Waals surface area contributed by atoms with E-state index >= 15 is 0 Å². The van der Waals surface area contributed by atoms with E-state index in [-0.39, 0.29) is 12.5 Å². The zero-order valence-electron chi connectivity index (χ0n) is 11.7. The highest BCUT2D eigenvalue weighted by Gasteiger charge is 2.45. The fourth-order valence-corrected chi connectivity index (χ4v) is 3.62. The third-order valence-corrected chi connectivity index (χ3v) is 5.62. The van der Waals surface area contributed by atoms with Crippen molar-refractivity contribution in [1.82, 2.24) is 0 Å². The monoisotopic (exact) mass is 300 g/mol. The number of nitrogens with two attached hydrogens (primary N) is 1. The fourth-order valence-electron chi connectivity index (χ4n) is 2.31. The van der Waals surface area contributed by atoms with Crippen LogP contribution in [0.5, 0.6) is 0 Å². The first-order chi connectivity index (χ1) is 9.30. The molecule has 0 atom stereocenters. The summed E-state index contributed by atoms with van der Waals surface area (Å²) < 4.78 is 11.8. The summed E-state index contributed by atoms with van der Waals surface area (Å²) >= 11 is 0. The molecule has 0 heterocycles. The van der Waals surface area contributed by atoms with E-state index in [1.54, 1.807) is 38.1 Å². The highest BCUT2D eigenvalue weighted by Crippen LogP contribution is 2.60. The van der Waals surface area contributed by atoms with Crippen LogP contribution >= 0.6 is 7.60 Å². The van der Waals surface area contributed by atoms with Crippen molar-refractivity contribution < 1.29 is 19.1 Å². The Bertz CT molecular complexity index is 506. The van der Waals surface area contributed by atoms with Gasteiger partial charge in [-0.1, -0.05) is 26.0 Å². The van der Waals surface area contributed by atoms with Crippen molar-refractivity contribution >= 4 is 19.2 Å². The van der Waals surface area contributed by atoms with E-state index in [1.165, 1.54) is 0 Å². The predicted octanol–water partition coefficient (Wildman–Crippen LogP) is 1.78. The fraction of sp³-hybridized carbons (Fsp3) is 0.462. The van der Waals surface area contributed by atoms with Gasteiger partial charge in [0, 0.05) is 5.69 Å². The number of benzene rings is 1. The molecule has 0 unspecified atom stereocenters. The third-order valence-electron chi connectivity index (χ3n) is 3.62. The first-order valence-electron chi connectivity index (χ1n) is 6.46. The number of anilines is 1. The number of hydrogen-bond acceptors (Lipinski definition) is 3. The van der Waals surface area contributed by atoms with E-state index in [2.05, 4.69) is 5.32 Å². The summed E-state index contributed by atoms with van der Waals surface area (Å²) in [6, 6.07) is 6.52. The van der Waals surface area contributed by atoms with Crippen LogP contribution in [0.25, 0.3) is 0 Å². The molecule has 0 spiro atoms. The minimum Gasteiger partial charge on any atom is -0.325 e. The zero-order valence-corrected chi connectivity index (χ0v) is 12.6. The van der Waals surface area contributed by atoms with Crippen LogP contribution in [0.1, 0.15) is 32.3 Å². The van der Waals surface area contributed by atoms with Gasteiger partial charge in [-0.15, -0.1) is 0 Å². The molecule has 7 heteroatoms. The average Bonchev–Trinajstić information content (AvgIpc) is 2.40. The van der Waals surface area contributed by atoms with E-state index in [9.17, 15) is 19.1 Å². The van der Waals surface area contributed by atoms with Gasteiger partial charge in [-0.25, -0.2) is 0 Å². The molecule has 0 fully saturated rings. The van der Waals surface area contributed by atoms with Crippen molar-refractivity contribution in [2.45, 2.75) is 31.8 Å². The molecule has 1 amide bonds. The lowest BCUT2D eigenvalue weighted by molar-refractivity contribution is -0.114. The number of nitrogens with one attached hydrogen (secondary N) is 1. The molecule has 20 heavy (non-hydrogen) atoms. The summed E-state index contributed by atoms with van der Waals surface area (Å²) in [6.45, 7) is 3.40. The minimum absolute atomic E-state index is 0.113. The Balaban J connectivity index is 3.13. The predicted molar refractivity (Wildman–Crippen MR) is 78.4 cm³/mol. The molecule has 6 nitrogen and oxygen atoms in total. The standard InChI is InChI=1S/C13H21N2O4P/c1-3-13(4-2,20(17,18)19)10-5-7-11(8-6-10)15-12(16)9-14/h5-8H,3-4,9,14H2,1-2H3,(H,15,16)(H2,17,18,19). The normalized spacial score (nSPS) is 12.2. The number of carbonyl (C=O) groups excluding carboxylic acids is 1. The van der Waals surface area contributed by atoms with Crippen LogP contribution in [0.3, 0.4) is 0 Å². The maximum absolute atomic E-state index is 11.8. The molecular formula is C13H21N2O4P. The minimum atomic E-state index is -4.28. The van der Waals surface area contributed by atoms with Gasteiger partial charge in [-0.3, -0.25) is 9.36 Å². The van der Waals surface area contributed by atoms with Gasteiger partial charge in [-0.05, 0) is 30.5 Å². The van der Waals surface area contributed by atoms with Crippen molar-refractivity contribution in [3.8, 4) is 0 Å². The summed E-state index contributed by atoms with van der Waals surface area (Å²) in [5, 5.41) is 1.41. The Hall–Kier alpha value is -1.20. The molecular weight excluding hydrogens is 279 g/mol. The van der Waals surface area contributed by atoms with Gasteiger partial charge in [0.25, 0.3) is 0 Å². The summed E-state index contributed by atoms with van der Waals surface area (Å²) in [6.07, 6.45) is 0.671. The second-order valence-electron chi connectivity index (χ2n) is 4.61. The zero-order chi connectivity index (χ0) is 15.4. The maximum Gasteiger partial charge on any atom is 0.335 e. The summed E-state index contributed by atoms with van der Waals surface area (Å²) in [7, 11) is -4.28. The van der Waals surface area contributed by atoms with Crippen molar-refractivity contribution in [3.63, 3.8) is 0 Å². The maximum atomic E-state index is 11.8. The van der Waals surface area contributed by atoms with Crippen molar-refractivity contribution in [2.24, 2.45) is 5.73 Å². The molecule has 0 aromatic heterocycles. The van der Waals surface area contributed by atoms with Crippen molar-refractivity contribution in [3.05, 3.63) is 29.8 Å². The van der Waals surface area contributed by atoms with Gasteiger partial charge < -0.3 is 20.8 Å². The van der Waals surface area contributed by atoms with Crippen LogP contribution in [-0.2, 0) is 14.5 Å². The van der Waals surface area contributed by atoms with E-state index in [1.807, 2.05) is 0 Å². The van der Waals surface area contributed by atoms with E-state index in [0.29, 0.717) is 24.1 Å². The summed E-state index contributed by atoms with van der Waals surface area (Å²) in [5.41, 5.74) is 6.33. The summed E-state index contributed by atoms with van der Waals surface area (Å²) in [4.78, 5) is 30.5. The number of rotatable bonds is 6. The van der Waals surface area contributed by atoms with E-state index in [4.69, 9.17) is 5.73 Å². The number of amides is 1. The second kappa shape index (κ2) is 6.50. The van der Waals surface area contributed by atoms with Gasteiger partial charge >= 0.3 is 7.60 Å². The summed E-state index contributed by atoms with van der Waals surface area (Å²) in [5.74, 6) is -0.315. The van der Waals surface area contributed by atoms with Gasteiger partial charge in [0.05, 0.1) is 11.7 Å². The van der Waals surface area contributed by atoms with Gasteiger partial charge in [0.2, 0.25) is 5.91 Å². The van der Waals surface area contributed by atoms with Crippen LogP contribution in [0.15, 0.2) is 24.3 Å². The third kappa shape index (κ3) is 3.27. The number of carbonyl (C=O) groups is 1. The SMILES string of the molecule is CCC(CC)(c1ccc(NC(=O)CN)cc1)P(=O)(O)O. The van der Waals surface area contributed by atoms with Gasteiger partial charge in [0.1, 0.15) is 0 Å². The van der Waals surface area contributed by atoms with Crippen LogP contribution in [0.2, 0.25) is 0 Å². The largest absolute Gasteiger partial charge is 0.335 e. The Labute approximate surface area is 118 Å². The molecule has 0 saturated heterocycles. The lowest BCUT2D eigenvalue weighted by atomic mass is 9.92. The first kappa shape index (κ1) is 16.9. The average molecular weight is 300 g/mol. The molecule has 0 aliphatic rings. The molecule has 5 N–H and O–H groups in total. The molecule has 0 aliphatic carbocycles. The van der Waals surface area contributed by atoms with E-state index in [0.717, 1.165) is 0 Å². The van der Waals surface area contributed by atoms with Crippen LogP contribution in [0, 0.1) is 0 Å². The van der Waals surface area contributed by atoms with Crippen LogP contribution in [-0.4, -0.2) is 22.2 Å². The Morgan fingerprint density at radius 2 is 1.75 bits per heavy atom. The molecule has 1 rings (SSSR count). The van der Waals surface area contributed by atoms with Gasteiger partial charge in [0.15, 0.2) is 0 Å². The molecule has 1 aromatic carbocycles. The lowest BCUT2D eigenvalue weighted by Gasteiger charge is -2.33. The number of hydrogen-bond donors (Lipinski definition) is 4. The Morgan fingerprint density at radius 3 is 2.10 bits per heavy atom. The van der Waals surface area contributed by atoms with Crippen LogP contribution in [0.4, 0.5) is 5.69 Å². The molecule has 0 bridgehead atoms.